The standard InChI is InChI=1S/C11H11Br2NO3S/c1-5-3-14(4-7(5)11(16)17)10(15)6-2-8(12)18-9(6)13/h2,5,7H,3-4H2,1H3,(H,16,17). The van der Waals surface area contributed by atoms with Crippen molar-refractivity contribution in [2.75, 3.05) is 13.1 Å². The van der Waals surface area contributed by atoms with Gasteiger partial charge in [-0.3, -0.25) is 9.59 Å². The first kappa shape index (κ1) is 14.0. The van der Waals surface area contributed by atoms with Crippen molar-refractivity contribution in [3.63, 3.8) is 0 Å². The number of likely N-dealkylation sites (tertiary alicyclic amines) is 1. The minimum atomic E-state index is -0.830. The minimum Gasteiger partial charge on any atom is -0.481 e. The van der Waals surface area contributed by atoms with Crippen molar-refractivity contribution in [3.05, 3.63) is 19.2 Å². The summed E-state index contributed by atoms with van der Waals surface area (Å²) in [5, 5.41) is 9.06. The van der Waals surface area contributed by atoms with E-state index in [1.165, 1.54) is 11.3 Å². The van der Waals surface area contributed by atoms with E-state index in [-0.39, 0.29) is 18.4 Å². The topological polar surface area (TPSA) is 57.6 Å². The van der Waals surface area contributed by atoms with Crippen LogP contribution in [0.1, 0.15) is 17.3 Å². The maximum atomic E-state index is 12.3. The summed E-state index contributed by atoms with van der Waals surface area (Å²) in [7, 11) is 0. The van der Waals surface area contributed by atoms with Crippen LogP contribution in [-0.2, 0) is 4.79 Å². The molecule has 2 atom stereocenters. The predicted molar refractivity (Wildman–Crippen MR) is 75.9 cm³/mol. The Morgan fingerprint density at radius 3 is 2.56 bits per heavy atom. The van der Waals surface area contributed by atoms with Crippen molar-refractivity contribution in [1.29, 1.82) is 0 Å². The number of nitrogens with zero attached hydrogens (tertiary/aromatic N) is 1. The first-order chi connectivity index (χ1) is 8.40. The number of hydrogen-bond donors (Lipinski definition) is 1. The van der Waals surface area contributed by atoms with Crippen LogP contribution in [0.25, 0.3) is 0 Å². The van der Waals surface area contributed by atoms with Crippen LogP contribution in [0.15, 0.2) is 13.6 Å². The van der Waals surface area contributed by atoms with Gasteiger partial charge in [-0.2, -0.15) is 0 Å². The van der Waals surface area contributed by atoms with Gasteiger partial charge >= 0.3 is 5.97 Å². The first-order valence-corrected chi connectivity index (χ1v) is 7.77. The number of thiophene rings is 1. The van der Waals surface area contributed by atoms with E-state index in [1.807, 2.05) is 6.92 Å². The summed E-state index contributed by atoms with van der Waals surface area (Å²) < 4.78 is 1.64. The Labute approximate surface area is 125 Å². The van der Waals surface area contributed by atoms with Crippen LogP contribution in [0, 0.1) is 11.8 Å². The maximum absolute atomic E-state index is 12.3. The first-order valence-electron chi connectivity index (χ1n) is 5.37. The number of rotatable bonds is 2. The van der Waals surface area contributed by atoms with E-state index < -0.39 is 11.9 Å². The molecule has 0 aromatic carbocycles. The van der Waals surface area contributed by atoms with E-state index in [4.69, 9.17) is 5.11 Å². The highest BCUT2D eigenvalue weighted by Gasteiger charge is 2.37. The molecule has 1 aliphatic rings. The van der Waals surface area contributed by atoms with Crippen LogP contribution in [0.4, 0.5) is 0 Å². The van der Waals surface area contributed by atoms with Gasteiger partial charge in [0.15, 0.2) is 0 Å². The lowest BCUT2D eigenvalue weighted by Crippen LogP contribution is -2.29. The molecule has 7 heteroatoms. The molecule has 4 nitrogen and oxygen atoms in total. The van der Waals surface area contributed by atoms with Crippen LogP contribution in [-0.4, -0.2) is 35.0 Å². The molecule has 1 N–H and O–H groups in total. The Bertz CT molecular complexity index is 502. The van der Waals surface area contributed by atoms with Gasteiger partial charge in [0.2, 0.25) is 0 Å². The van der Waals surface area contributed by atoms with Crippen LogP contribution in [0.2, 0.25) is 0 Å². The summed E-state index contributed by atoms with van der Waals surface area (Å²) in [5.41, 5.74) is 0.588. The third kappa shape index (κ3) is 2.62. The Hall–Kier alpha value is -0.400. The largest absolute Gasteiger partial charge is 0.481 e. The van der Waals surface area contributed by atoms with Gasteiger partial charge in [-0.05, 0) is 43.8 Å². The molecule has 1 saturated heterocycles. The highest BCUT2D eigenvalue weighted by atomic mass is 79.9. The normalized spacial score (nSPS) is 23.4. The number of carbonyl (C=O) groups is 2. The average Bonchev–Trinajstić information content (AvgIpc) is 2.81. The summed E-state index contributed by atoms with van der Waals surface area (Å²) in [5.74, 6) is -1.41. The molecule has 0 spiro atoms. The van der Waals surface area contributed by atoms with Crippen LogP contribution >= 0.6 is 43.2 Å². The number of carboxylic acid groups (broad SMARTS) is 1. The molecule has 0 aliphatic carbocycles. The van der Waals surface area contributed by atoms with Crippen LogP contribution in [0.3, 0.4) is 0 Å². The van der Waals surface area contributed by atoms with E-state index in [0.717, 1.165) is 7.57 Å². The second-order valence-corrected chi connectivity index (χ2v) is 8.12. The quantitative estimate of drug-likeness (QED) is 0.835. The second kappa shape index (κ2) is 5.30. The molecule has 0 bridgehead atoms. The van der Waals surface area contributed by atoms with Crippen molar-refractivity contribution in [2.45, 2.75) is 6.92 Å². The van der Waals surface area contributed by atoms with Gasteiger partial charge < -0.3 is 10.0 Å². The van der Waals surface area contributed by atoms with Crippen molar-refractivity contribution in [2.24, 2.45) is 11.8 Å². The molecule has 1 fully saturated rings. The third-order valence-corrected chi connectivity index (χ3v) is 5.44. The Morgan fingerprint density at radius 1 is 1.44 bits per heavy atom. The zero-order chi connectivity index (χ0) is 13.4. The van der Waals surface area contributed by atoms with Crippen LogP contribution < -0.4 is 0 Å². The zero-order valence-corrected chi connectivity index (χ0v) is 13.5. The minimum absolute atomic E-state index is 0.00713. The van der Waals surface area contributed by atoms with E-state index in [0.29, 0.717) is 12.1 Å². The Balaban J connectivity index is 2.17. The number of carboxylic acids is 1. The van der Waals surface area contributed by atoms with Gasteiger partial charge in [0.05, 0.1) is 19.1 Å². The number of halogens is 2. The average molecular weight is 397 g/mol. The lowest BCUT2D eigenvalue weighted by Gasteiger charge is -2.15. The summed E-state index contributed by atoms with van der Waals surface area (Å²) >= 11 is 8.11. The molecule has 1 aliphatic heterocycles. The molecule has 18 heavy (non-hydrogen) atoms. The van der Waals surface area contributed by atoms with Crippen molar-refractivity contribution >= 4 is 55.1 Å². The number of carbonyl (C=O) groups excluding carboxylic acids is 1. The number of aliphatic carboxylic acids is 1. The second-order valence-electron chi connectivity index (χ2n) is 4.37. The lowest BCUT2D eigenvalue weighted by atomic mass is 9.99. The van der Waals surface area contributed by atoms with Crippen molar-refractivity contribution < 1.29 is 14.7 Å². The van der Waals surface area contributed by atoms with Gasteiger partial charge in [-0.1, -0.05) is 6.92 Å². The summed E-state index contributed by atoms with van der Waals surface area (Å²) in [6, 6.07) is 1.76. The summed E-state index contributed by atoms with van der Waals surface area (Å²) in [6.45, 7) is 2.65. The fraction of sp³-hybridized carbons (Fsp3) is 0.455. The molecule has 1 aromatic heterocycles. The Kier molecular flexibility index (Phi) is 4.13. The maximum Gasteiger partial charge on any atom is 0.308 e. The summed E-state index contributed by atoms with van der Waals surface area (Å²) in [4.78, 5) is 24.9. The van der Waals surface area contributed by atoms with E-state index >= 15 is 0 Å². The zero-order valence-electron chi connectivity index (χ0n) is 9.52. The monoisotopic (exact) mass is 395 g/mol. The molecule has 0 saturated carbocycles. The molecular weight excluding hydrogens is 386 g/mol. The molecular formula is C11H11Br2NO3S. The predicted octanol–water partition coefficient (Wildman–Crippen LogP) is 3.07. The molecule has 0 radical (unpaired) electrons. The smallest absolute Gasteiger partial charge is 0.308 e. The van der Waals surface area contributed by atoms with Crippen molar-refractivity contribution in [3.8, 4) is 0 Å². The van der Waals surface area contributed by atoms with Gasteiger partial charge in [-0.25, -0.2) is 0 Å². The molecule has 1 amide bonds. The molecule has 2 unspecified atom stereocenters. The fourth-order valence-corrected chi connectivity index (χ4v) is 4.89. The van der Waals surface area contributed by atoms with Gasteiger partial charge in [0.1, 0.15) is 0 Å². The van der Waals surface area contributed by atoms with Crippen molar-refractivity contribution in [1.82, 2.24) is 4.90 Å². The fourth-order valence-electron chi connectivity index (χ4n) is 2.11. The molecule has 1 aromatic rings. The van der Waals surface area contributed by atoms with Gasteiger partial charge in [0, 0.05) is 13.1 Å². The highest BCUT2D eigenvalue weighted by molar-refractivity contribution is 9.12. The highest BCUT2D eigenvalue weighted by Crippen LogP contribution is 2.34. The van der Waals surface area contributed by atoms with E-state index in [1.54, 1.807) is 11.0 Å². The Morgan fingerprint density at radius 2 is 2.11 bits per heavy atom. The molecule has 2 rings (SSSR count). The SMILES string of the molecule is CC1CN(C(=O)c2cc(Br)sc2Br)CC1C(=O)O. The van der Waals surface area contributed by atoms with Gasteiger partial charge in [-0.15, -0.1) is 11.3 Å². The summed E-state index contributed by atoms with van der Waals surface area (Å²) in [6.07, 6.45) is 0. The van der Waals surface area contributed by atoms with Crippen LogP contribution in [0.5, 0.6) is 0 Å². The molecule has 2 heterocycles. The lowest BCUT2D eigenvalue weighted by molar-refractivity contribution is -0.142. The number of hydrogen-bond acceptors (Lipinski definition) is 3. The van der Waals surface area contributed by atoms with E-state index in [2.05, 4.69) is 31.9 Å². The molecule has 98 valence electrons. The van der Waals surface area contributed by atoms with E-state index in [9.17, 15) is 9.59 Å². The van der Waals surface area contributed by atoms with Gasteiger partial charge in [0.25, 0.3) is 5.91 Å². The number of amides is 1. The third-order valence-electron chi connectivity index (χ3n) is 3.10.